The number of hydrogen-bond donors (Lipinski definition) is 1. The van der Waals surface area contributed by atoms with Crippen LogP contribution in [0, 0.1) is 13.8 Å². The highest BCUT2D eigenvalue weighted by molar-refractivity contribution is 6.33. The number of carbonyl (C=O) groups is 2. The quantitative estimate of drug-likeness (QED) is 0.149. The number of aromatic nitrogens is 10. The number of nitrogens with zero attached hydrogens (tertiary/aromatic N) is 12. The zero-order chi connectivity index (χ0) is 42.5. The summed E-state index contributed by atoms with van der Waals surface area (Å²) in [6.45, 7) is 8.80. The Bertz CT molecular complexity index is 2630. The van der Waals surface area contributed by atoms with Crippen LogP contribution in [0.25, 0.3) is 33.8 Å². The number of carbonyl (C=O) groups excluding carboxylic acids is 2. The molecule has 6 aromatic heterocycles. The molecule has 0 unspecified atom stereocenters. The van der Waals surface area contributed by atoms with Crippen LogP contribution in [0.3, 0.4) is 0 Å². The van der Waals surface area contributed by atoms with Gasteiger partial charge in [-0.1, -0.05) is 35.6 Å². The molecule has 0 aliphatic carbocycles. The molecule has 2 aliphatic rings. The van der Waals surface area contributed by atoms with Crippen molar-refractivity contribution in [2.75, 3.05) is 48.2 Å². The van der Waals surface area contributed by atoms with Crippen molar-refractivity contribution in [2.24, 2.45) is 0 Å². The lowest BCUT2D eigenvalue weighted by atomic mass is 10.2. The molecule has 10 rings (SSSR count). The highest BCUT2D eigenvalue weighted by Gasteiger charge is 2.30. The number of hydrogen-bond acceptors (Lipinski definition) is 15. The molecule has 0 saturated heterocycles. The molecule has 0 spiro atoms. The molecule has 2 amide bonds. The molecule has 60 heavy (non-hydrogen) atoms. The van der Waals surface area contributed by atoms with Crippen molar-refractivity contribution in [3.8, 4) is 23.8 Å². The first-order valence-electron chi connectivity index (χ1n) is 18.4. The van der Waals surface area contributed by atoms with Crippen LogP contribution in [-0.4, -0.2) is 94.0 Å². The van der Waals surface area contributed by atoms with Crippen molar-refractivity contribution in [3.05, 3.63) is 102 Å². The Hall–Kier alpha value is -7.12. The van der Waals surface area contributed by atoms with Crippen molar-refractivity contribution < 1.29 is 27.9 Å². The third kappa shape index (κ3) is 7.86. The van der Waals surface area contributed by atoms with E-state index in [1.54, 1.807) is 32.8 Å². The van der Waals surface area contributed by atoms with Crippen molar-refractivity contribution in [3.63, 3.8) is 0 Å². The first-order chi connectivity index (χ1) is 29.2. The van der Waals surface area contributed by atoms with E-state index in [0.717, 1.165) is 27.5 Å². The van der Waals surface area contributed by atoms with Gasteiger partial charge >= 0.3 is 12.0 Å². The molecule has 0 radical (unpaired) electrons. The molecule has 2 aromatic carbocycles. The summed E-state index contributed by atoms with van der Waals surface area (Å²) < 4.78 is 25.7. The molecule has 2 aliphatic heterocycles. The van der Waals surface area contributed by atoms with Crippen molar-refractivity contribution in [1.82, 2.24) is 49.5 Å². The molecule has 0 atom stereocenters. The fourth-order valence-corrected chi connectivity index (χ4v) is 6.67. The smallest absolute Gasteiger partial charge is 0.327 e. The highest BCUT2D eigenvalue weighted by atomic mass is 35.5. The molecule has 2 N–H and O–H groups in total. The topological polar surface area (TPSA) is 224 Å². The molecule has 0 bridgehead atoms. The second-order valence-electron chi connectivity index (χ2n) is 12.5. The van der Waals surface area contributed by atoms with E-state index in [1.165, 1.54) is 19.0 Å². The van der Waals surface area contributed by atoms with Crippen LogP contribution in [0.2, 0.25) is 5.15 Å². The number of nitrogen functional groups attached to an aromatic ring is 1. The van der Waals surface area contributed by atoms with Gasteiger partial charge in [0.05, 0.1) is 24.1 Å². The maximum absolute atomic E-state index is 13.1. The standard InChI is InChI=1S/C18H13ClN6O3.C18H15N7O3.C2H6.CH3Cl/c2*1-10-22-23-18(28-10)25-5-4-11-8-12(2-3-13(11)25)24-6-7-27-16-14(17(24)26)15(19)20-9-21-16;2*1-2/h2-5,8-9H,6-7H2,1H3;2-5,8-9H,6-7H2,1H3,(H2,19,20,21);1-2H3;1H3. The number of aryl methyl sites for hydroxylation is 2. The number of benzene rings is 2. The lowest BCUT2D eigenvalue weighted by Crippen LogP contribution is -2.32. The lowest BCUT2D eigenvalue weighted by Gasteiger charge is -2.20. The number of ether oxygens (including phenoxy) is 2. The Morgan fingerprint density at radius 1 is 0.633 bits per heavy atom. The zero-order valence-electron chi connectivity index (χ0n) is 32.9. The van der Waals surface area contributed by atoms with Crippen molar-refractivity contribution in [2.45, 2.75) is 27.7 Å². The Morgan fingerprint density at radius 2 is 1.10 bits per heavy atom. The van der Waals surface area contributed by atoms with Gasteiger partial charge in [-0.2, -0.15) is 0 Å². The summed E-state index contributed by atoms with van der Waals surface area (Å²) in [6, 6.07) is 15.9. The summed E-state index contributed by atoms with van der Waals surface area (Å²) in [5.41, 5.74) is 9.44. The molecule has 0 fully saturated rings. The van der Waals surface area contributed by atoms with Gasteiger partial charge in [-0.15, -0.1) is 21.8 Å². The van der Waals surface area contributed by atoms with Gasteiger partial charge in [0.25, 0.3) is 11.8 Å². The third-order valence-corrected chi connectivity index (χ3v) is 9.33. The van der Waals surface area contributed by atoms with Gasteiger partial charge in [-0.05, 0) is 48.5 Å². The molecule has 8 heterocycles. The zero-order valence-corrected chi connectivity index (χ0v) is 34.4. The summed E-state index contributed by atoms with van der Waals surface area (Å²) in [6.07, 6.45) is 7.72. The molecular formula is C39H37Cl2N13O6. The molecule has 19 nitrogen and oxygen atoms in total. The van der Waals surface area contributed by atoms with E-state index >= 15 is 0 Å². The van der Waals surface area contributed by atoms with Gasteiger partial charge in [0.2, 0.25) is 23.5 Å². The second kappa shape index (κ2) is 17.8. The average Bonchev–Trinajstić information content (AvgIpc) is 4.05. The molecular weight excluding hydrogens is 817 g/mol. The van der Waals surface area contributed by atoms with Gasteiger partial charge in [-0.3, -0.25) is 18.7 Å². The van der Waals surface area contributed by atoms with Crippen molar-refractivity contribution >= 4 is 74.0 Å². The van der Waals surface area contributed by atoms with E-state index in [-0.39, 0.29) is 45.7 Å². The predicted octanol–water partition coefficient (Wildman–Crippen LogP) is 6.42. The van der Waals surface area contributed by atoms with E-state index < -0.39 is 0 Å². The Morgan fingerprint density at radius 3 is 1.58 bits per heavy atom. The second-order valence-corrected chi connectivity index (χ2v) is 12.8. The van der Waals surface area contributed by atoms with Gasteiger partial charge in [-0.25, -0.2) is 19.9 Å². The third-order valence-electron chi connectivity index (χ3n) is 9.05. The number of amides is 2. The Labute approximate surface area is 351 Å². The van der Waals surface area contributed by atoms with Crippen molar-refractivity contribution in [1.29, 1.82) is 0 Å². The summed E-state index contributed by atoms with van der Waals surface area (Å²) in [4.78, 5) is 45.2. The van der Waals surface area contributed by atoms with E-state index in [2.05, 4.69) is 51.9 Å². The number of rotatable bonds is 4. The monoisotopic (exact) mass is 853 g/mol. The fraction of sp³-hybridized carbons (Fsp3) is 0.231. The minimum absolute atomic E-state index is 0.0703. The number of alkyl halides is 1. The minimum Gasteiger partial charge on any atom is -0.475 e. The maximum Gasteiger partial charge on any atom is 0.327 e. The van der Waals surface area contributed by atoms with Crippen LogP contribution >= 0.6 is 23.2 Å². The normalized spacial score (nSPS) is 13.3. The van der Waals surface area contributed by atoms with E-state index in [9.17, 15) is 9.59 Å². The fourth-order valence-electron chi connectivity index (χ4n) is 6.46. The number of nitrogens with two attached hydrogens (primary N) is 1. The first kappa shape index (κ1) is 41.1. The van der Waals surface area contributed by atoms with Crippen LogP contribution in [0.4, 0.5) is 17.2 Å². The molecule has 0 saturated carbocycles. The maximum atomic E-state index is 13.1. The summed E-state index contributed by atoms with van der Waals surface area (Å²) in [5.74, 6) is 0.885. The van der Waals surface area contributed by atoms with E-state index in [4.69, 9.17) is 35.6 Å². The first-order valence-corrected chi connectivity index (χ1v) is 19.6. The molecule has 308 valence electrons. The average molecular weight is 855 g/mol. The molecule has 8 aromatic rings. The molecule has 21 heteroatoms. The summed E-state index contributed by atoms with van der Waals surface area (Å²) >= 11 is 10.8. The van der Waals surface area contributed by atoms with Gasteiger partial charge in [0, 0.05) is 54.8 Å². The number of fused-ring (bicyclic) bond motifs is 4. The predicted molar refractivity (Wildman–Crippen MR) is 223 cm³/mol. The summed E-state index contributed by atoms with van der Waals surface area (Å²) in [7, 11) is 0. The van der Waals surface area contributed by atoms with Gasteiger partial charge in [0.1, 0.15) is 48.0 Å². The number of anilines is 3. The minimum atomic E-state index is -0.301. The largest absolute Gasteiger partial charge is 0.475 e. The SMILES string of the molecule is CC.CCl.Cc1nnc(-n2ccc3cc(N4CCOc5ncnc(Cl)c5C4=O)ccc32)o1.Cc1nnc(-n2ccc3cc(N4CCOc5ncnc(N)c5C4=O)ccc32)o1. The summed E-state index contributed by atoms with van der Waals surface area (Å²) in [5, 5.41) is 17.7. The number of halogens is 2. The van der Waals surface area contributed by atoms with E-state index in [1.807, 2.05) is 74.8 Å². The van der Waals surface area contributed by atoms with E-state index in [0.29, 0.717) is 55.8 Å². The van der Waals surface area contributed by atoms with Crippen LogP contribution in [0.5, 0.6) is 11.8 Å². The highest BCUT2D eigenvalue weighted by Crippen LogP contribution is 2.32. The van der Waals surface area contributed by atoms with Crippen LogP contribution in [0.15, 0.2) is 82.4 Å². The lowest BCUT2D eigenvalue weighted by molar-refractivity contribution is 0.0982. The van der Waals surface area contributed by atoms with Crippen LogP contribution in [-0.2, 0) is 0 Å². The van der Waals surface area contributed by atoms with Crippen LogP contribution in [0.1, 0.15) is 46.3 Å². The Balaban J connectivity index is 0.000000168. The Kier molecular flexibility index (Phi) is 12.2. The van der Waals surface area contributed by atoms with Crippen LogP contribution < -0.4 is 25.0 Å². The van der Waals surface area contributed by atoms with Gasteiger partial charge in [0.15, 0.2) is 0 Å². The van der Waals surface area contributed by atoms with Gasteiger partial charge < -0.3 is 33.8 Å².